The maximum absolute atomic E-state index is 14.1. The van der Waals surface area contributed by atoms with Gasteiger partial charge >= 0.3 is 0 Å². The fraction of sp³-hybridized carbons (Fsp3) is 0.500. The lowest BCUT2D eigenvalue weighted by molar-refractivity contribution is 0.169. The minimum absolute atomic E-state index is 0.0992. The Bertz CT molecular complexity index is 842. The lowest BCUT2D eigenvalue weighted by Gasteiger charge is -2.36. The Kier molecular flexibility index (Phi) is 5.55. The predicted molar refractivity (Wildman–Crippen MR) is 107 cm³/mol. The zero-order chi connectivity index (χ0) is 19.7. The van der Waals surface area contributed by atoms with E-state index < -0.39 is 0 Å². The number of guanidine groups is 1. The normalized spacial score (nSPS) is 23.1. The van der Waals surface area contributed by atoms with Crippen molar-refractivity contribution in [2.75, 3.05) is 33.2 Å². The number of piperazine rings is 1. The molecule has 1 aliphatic heterocycles. The molecule has 6 nitrogen and oxygen atoms in total. The molecule has 1 N–H and O–H groups in total. The fourth-order valence-corrected chi connectivity index (χ4v) is 4.14. The molecule has 150 valence electrons. The van der Waals surface area contributed by atoms with Gasteiger partial charge in [0.2, 0.25) is 0 Å². The van der Waals surface area contributed by atoms with Gasteiger partial charge in [-0.15, -0.1) is 0 Å². The summed E-state index contributed by atoms with van der Waals surface area (Å²) in [6, 6.07) is 7.02. The summed E-state index contributed by atoms with van der Waals surface area (Å²) in [6.45, 7) is 6.33. The molecule has 2 unspecified atom stereocenters. The average molecular weight is 406 g/mol. The minimum Gasteiger partial charge on any atom is -0.361 e. The summed E-state index contributed by atoms with van der Waals surface area (Å²) in [7, 11) is 1.79. The second-order valence-electron chi connectivity index (χ2n) is 7.47. The second kappa shape index (κ2) is 8.09. The Hall–Kier alpha value is -2.12. The first-order chi connectivity index (χ1) is 13.5. The number of rotatable bonds is 4. The van der Waals surface area contributed by atoms with E-state index in [9.17, 15) is 4.39 Å². The number of aryl methyl sites for hydroxylation is 1. The summed E-state index contributed by atoms with van der Waals surface area (Å²) < 4.78 is 19.3. The maximum Gasteiger partial charge on any atom is 0.193 e. The number of hydrogen-bond acceptors (Lipinski definition) is 4. The van der Waals surface area contributed by atoms with Gasteiger partial charge in [-0.25, -0.2) is 4.39 Å². The van der Waals surface area contributed by atoms with Crippen molar-refractivity contribution in [3.05, 3.63) is 52.1 Å². The smallest absolute Gasteiger partial charge is 0.193 e. The number of hydrogen-bond donors (Lipinski definition) is 1. The van der Waals surface area contributed by atoms with E-state index in [1.807, 2.05) is 13.0 Å². The Morgan fingerprint density at radius 1 is 1.36 bits per heavy atom. The second-order valence-corrected chi connectivity index (χ2v) is 7.87. The van der Waals surface area contributed by atoms with Gasteiger partial charge in [-0.05, 0) is 25.5 Å². The van der Waals surface area contributed by atoms with Crippen molar-refractivity contribution in [3.8, 4) is 0 Å². The largest absolute Gasteiger partial charge is 0.361 e. The van der Waals surface area contributed by atoms with E-state index in [4.69, 9.17) is 16.1 Å². The lowest BCUT2D eigenvalue weighted by Crippen LogP contribution is -2.52. The van der Waals surface area contributed by atoms with Gasteiger partial charge in [0.1, 0.15) is 11.6 Å². The van der Waals surface area contributed by atoms with Gasteiger partial charge in [-0.2, -0.15) is 0 Å². The summed E-state index contributed by atoms with van der Waals surface area (Å²) >= 11 is 6.21. The van der Waals surface area contributed by atoms with Crippen LogP contribution in [0.25, 0.3) is 0 Å². The van der Waals surface area contributed by atoms with Crippen molar-refractivity contribution in [1.82, 2.24) is 20.3 Å². The van der Waals surface area contributed by atoms with Gasteiger partial charge in [0.15, 0.2) is 5.96 Å². The highest BCUT2D eigenvalue weighted by Crippen LogP contribution is 2.45. The topological polar surface area (TPSA) is 56.9 Å². The van der Waals surface area contributed by atoms with Crippen LogP contribution in [0, 0.1) is 12.7 Å². The molecular formula is C20H25ClFN5O. The van der Waals surface area contributed by atoms with E-state index in [2.05, 4.69) is 25.3 Å². The Balaban J connectivity index is 1.30. The zero-order valence-corrected chi connectivity index (χ0v) is 16.9. The molecule has 1 saturated heterocycles. The molecule has 2 atom stereocenters. The SMILES string of the molecule is CN=C(NC1CC1c1c(F)cccc1Cl)N1CCN(Cc2cc(C)on2)CC1. The van der Waals surface area contributed by atoms with E-state index in [-0.39, 0.29) is 17.8 Å². The predicted octanol–water partition coefficient (Wildman–Crippen LogP) is 3.02. The third-order valence-corrected chi connectivity index (χ3v) is 5.75. The average Bonchev–Trinajstić information content (AvgIpc) is 3.31. The molecular weight excluding hydrogens is 381 g/mol. The Morgan fingerprint density at radius 3 is 2.79 bits per heavy atom. The number of nitrogens with one attached hydrogen (secondary N) is 1. The quantitative estimate of drug-likeness (QED) is 0.626. The van der Waals surface area contributed by atoms with Gasteiger partial charge in [-0.3, -0.25) is 9.89 Å². The van der Waals surface area contributed by atoms with Gasteiger partial charge in [0.05, 0.1) is 5.69 Å². The molecule has 2 fully saturated rings. The van der Waals surface area contributed by atoms with Crippen molar-refractivity contribution < 1.29 is 8.91 Å². The standard InChI is InChI=1S/C20H25ClFN5O/c1-13-10-14(25-28-13)12-26-6-8-27(9-7-26)20(23-2)24-18-11-15(18)19-16(21)4-3-5-17(19)22/h3-5,10,15,18H,6-9,11-12H2,1-2H3,(H,23,24). The molecule has 0 bridgehead atoms. The molecule has 0 amide bonds. The lowest BCUT2D eigenvalue weighted by atomic mass is 10.1. The maximum atomic E-state index is 14.1. The zero-order valence-electron chi connectivity index (χ0n) is 16.2. The summed E-state index contributed by atoms with van der Waals surface area (Å²) in [5.41, 5.74) is 1.58. The molecule has 0 spiro atoms. The van der Waals surface area contributed by atoms with Crippen LogP contribution in [-0.4, -0.2) is 60.2 Å². The first kappa shape index (κ1) is 19.2. The third kappa shape index (κ3) is 4.15. The number of nitrogens with zero attached hydrogens (tertiary/aromatic N) is 4. The van der Waals surface area contributed by atoms with Crippen LogP contribution in [0.15, 0.2) is 33.8 Å². The first-order valence-corrected chi connectivity index (χ1v) is 9.99. The minimum atomic E-state index is -0.228. The van der Waals surface area contributed by atoms with Crippen LogP contribution in [0.3, 0.4) is 0 Å². The molecule has 1 aliphatic carbocycles. The number of benzene rings is 1. The number of aromatic nitrogens is 1. The van der Waals surface area contributed by atoms with Crippen LogP contribution in [0.1, 0.15) is 29.4 Å². The molecule has 2 aromatic rings. The molecule has 1 aromatic heterocycles. The van der Waals surface area contributed by atoms with E-state index in [0.29, 0.717) is 10.6 Å². The van der Waals surface area contributed by atoms with Crippen LogP contribution in [0.2, 0.25) is 5.02 Å². The van der Waals surface area contributed by atoms with Gasteiger partial charge in [0, 0.05) is 68.4 Å². The number of aliphatic imine (C=N–C) groups is 1. The van der Waals surface area contributed by atoms with Crippen molar-refractivity contribution in [3.63, 3.8) is 0 Å². The van der Waals surface area contributed by atoms with Gasteiger partial charge in [0.25, 0.3) is 0 Å². The highest BCUT2D eigenvalue weighted by atomic mass is 35.5. The first-order valence-electron chi connectivity index (χ1n) is 9.62. The Morgan fingerprint density at radius 2 is 2.14 bits per heavy atom. The molecule has 4 rings (SSSR count). The van der Waals surface area contributed by atoms with Crippen molar-refractivity contribution in [2.24, 2.45) is 4.99 Å². The monoisotopic (exact) mass is 405 g/mol. The van der Waals surface area contributed by atoms with Crippen molar-refractivity contribution in [1.29, 1.82) is 0 Å². The van der Waals surface area contributed by atoms with Gasteiger partial charge < -0.3 is 14.7 Å². The molecule has 2 aliphatic rings. The van der Waals surface area contributed by atoms with Crippen molar-refractivity contribution >= 4 is 17.6 Å². The van der Waals surface area contributed by atoms with Crippen LogP contribution >= 0.6 is 11.6 Å². The van der Waals surface area contributed by atoms with E-state index in [1.54, 1.807) is 19.2 Å². The molecule has 0 radical (unpaired) electrons. The van der Waals surface area contributed by atoms with Crippen LogP contribution in [0.5, 0.6) is 0 Å². The van der Waals surface area contributed by atoms with Crippen LogP contribution in [0.4, 0.5) is 4.39 Å². The van der Waals surface area contributed by atoms with E-state index in [1.165, 1.54) is 6.07 Å². The third-order valence-electron chi connectivity index (χ3n) is 5.42. The van der Waals surface area contributed by atoms with Gasteiger partial charge in [-0.1, -0.05) is 22.8 Å². The van der Waals surface area contributed by atoms with Crippen LogP contribution in [-0.2, 0) is 6.54 Å². The molecule has 1 aromatic carbocycles. The summed E-state index contributed by atoms with van der Waals surface area (Å²) in [6.07, 6.45) is 0.866. The Labute approximate surface area is 169 Å². The van der Waals surface area contributed by atoms with E-state index >= 15 is 0 Å². The van der Waals surface area contributed by atoms with Crippen LogP contribution < -0.4 is 5.32 Å². The number of halogens is 2. The summed E-state index contributed by atoms with van der Waals surface area (Å²) in [5.74, 6) is 1.58. The molecule has 2 heterocycles. The highest BCUT2D eigenvalue weighted by Gasteiger charge is 2.42. The summed E-state index contributed by atoms with van der Waals surface area (Å²) in [5, 5.41) is 8.06. The molecule has 8 heteroatoms. The molecule has 1 saturated carbocycles. The fourth-order valence-electron chi connectivity index (χ4n) is 3.84. The van der Waals surface area contributed by atoms with E-state index in [0.717, 1.165) is 56.6 Å². The molecule has 28 heavy (non-hydrogen) atoms. The van der Waals surface area contributed by atoms with Crippen molar-refractivity contribution in [2.45, 2.75) is 31.8 Å². The summed E-state index contributed by atoms with van der Waals surface area (Å²) in [4.78, 5) is 9.05. The highest BCUT2D eigenvalue weighted by molar-refractivity contribution is 6.31.